The number of benzene rings is 1. The summed E-state index contributed by atoms with van der Waals surface area (Å²) in [6.07, 6.45) is 5.33. The predicted molar refractivity (Wildman–Crippen MR) is 103 cm³/mol. The van der Waals surface area contributed by atoms with Crippen molar-refractivity contribution in [3.8, 4) is 22.3 Å². The average molecular weight is 336 g/mol. The highest BCUT2D eigenvalue weighted by Gasteiger charge is 2.11. The minimum atomic E-state index is -0.459. The van der Waals surface area contributed by atoms with E-state index in [1.807, 2.05) is 32.3 Å². The molecule has 0 aliphatic rings. The van der Waals surface area contributed by atoms with Crippen LogP contribution >= 0.6 is 0 Å². The Bertz CT molecular complexity index is 824. The molecule has 0 aliphatic heterocycles. The monoisotopic (exact) mass is 336 g/mol. The van der Waals surface area contributed by atoms with Crippen molar-refractivity contribution >= 4 is 0 Å². The number of nitrogens with zero attached hydrogens (tertiary/aromatic N) is 2. The van der Waals surface area contributed by atoms with E-state index in [1.54, 1.807) is 12.3 Å². The van der Waals surface area contributed by atoms with Crippen molar-refractivity contribution < 1.29 is 4.39 Å². The lowest BCUT2D eigenvalue weighted by molar-refractivity contribution is 0.584. The van der Waals surface area contributed by atoms with Gasteiger partial charge in [0.15, 0.2) is 0 Å². The van der Waals surface area contributed by atoms with Gasteiger partial charge in [-0.3, -0.25) is 4.98 Å². The quantitative estimate of drug-likeness (QED) is 0.517. The molecule has 0 radical (unpaired) electrons. The Balaban J connectivity index is 0.00000109. The molecule has 0 bridgehead atoms. The second kappa shape index (κ2) is 8.52. The fraction of sp³-hybridized carbons (Fsp3) is 0.273. The van der Waals surface area contributed by atoms with Gasteiger partial charge in [-0.2, -0.15) is 4.39 Å². The van der Waals surface area contributed by atoms with E-state index in [9.17, 15) is 4.39 Å². The predicted octanol–water partition coefficient (Wildman–Crippen LogP) is 6.41. The Hall–Kier alpha value is -2.55. The number of rotatable bonds is 3. The molecule has 130 valence electrons. The summed E-state index contributed by atoms with van der Waals surface area (Å²) in [6, 6.07) is 11.5. The van der Waals surface area contributed by atoms with Crippen LogP contribution in [0, 0.1) is 12.9 Å². The van der Waals surface area contributed by atoms with Crippen molar-refractivity contribution in [2.45, 2.75) is 40.5 Å². The smallest absolute Gasteiger partial charge is 0.212 e. The molecular weight excluding hydrogens is 311 g/mol. The topological polar surface area (TPSA) is 25.8 Å². The molecule has 0 saturated heterocycles. The fourth-order valence-electron chi connectivity index (χ4n) is 2.83. The van der Waals surface area contributed by atoms with Gasteiger partial charge in [0.25, 0.3) is 0 Å². The summed E-state index contributed by atoms with van der Waals surface area (Å²) in [5, 5.41) is 0. The number of aryl methyl sites for hydroxylation is 1. The molecule has 25 heavy (non-hydrogen) atoms. The van der Waals surface area contributed by atoms with Crippen LogP contribution in [-0.4, -0.2) is 9.97 Å². The van der Waals surface area contributed by atoms with Gasteiger partial charge in [-0.05, 0) is 53.3 Å². The van der Waals surface area contributed by atoms with Crippen molar-refractivity contribution in [2.24, 2.45) is 0 Å². The Morgan fingerprint density at radius 1 is 0.880 bits per heavy atom. The molecule has 3 aromatic rings. The van der Waals surface area contributed by atoms with Gasteiger partial charge in [0.2, 0.25) is 5.95 Å². The van der Waals surface area contributed by atoms with E-state index in [2.05, 4.69) is 48.9 Å². The van der Waals surface area contributed by atoms with Gasteiger partial charge < -0.3 is 0 Å². The maximum Gasteiger partial charge on any atom is 0.212 e. The highest BCUT2D eigenvalue weighted by Crippen LogP contribution is 2.32. The van der Waals surface area contributed by atoms with Crippen LogP contribution in [0.3, 0.4) is 0 Å². The number of pyridine rings is 2. The van der Waals surface area contributed by atoms with Crippen LogP contribution in [0.5, 0.6) is 0 Å². The zero-order valence-electron chi connectivity index (χ0n) is 15.5. The first-order valence-electron chi connectivity index (χ1n) is 8.73. The van der Waals surface area contributed by atoms with Gasteiger partial charge in [0.05, 0.1) is 0 Å². The molecule has 0 unspecified atom stereocenters. The molecule has 3 rings (SSSR count). The van der Waals surface area contributed by atoms with Crippen LogP contribution in [-0.2, 0) is 0 Å². The lowest BCUT2D eigenvalue weighted by atomic mass is 9.91. The minimum absolute atomic E-state index is 0.438. The van der Waals surface area contributed by atoms with E-state index < -0.39 is 5.95 Å². The van der Waals surface area contributed by atoms with Crippen molar-refractivity contribution in [3.05, 3.63) is 72.1 Å². The molecule has 3 heteroatoms. The Kier molecular flexibility index (Phi) is 6.40. The first-order chi connectivity index (χ1) is 12.1. The third-order valence-corrected chi connectivity index (χ3v) is 4.05. The molecule has 1 aromatic carbocycles. The lowest BCUT2D eigenvalue weighted by Crippen LogP contribution is -1.95. The van der Waals surface area contributed by atoms with Crippen molar-refractivity contribution in [2.75, 3.05) is 0 Å². The van der Waals surface area contributed by atoms with Gasteiger partial charge in [-0.1, -0.05) is 45.9 Å². The minimum Gasteiger partial charge on any atom is -0.264 e. The number of halogens is 1. The average Bonchev–Trinajstić information content (AvgIpc) is 2.64. The number of aromatic nitrogens is 2. The normalized spacial score (nSPS) is 10.4. The second-order valence-electron chi connectivity index (χ2n) is 6.02. The molecule has 0 spiro atoms. The first kappa shape index (κ1) is 18.8. The molecule has 2 nitrogen and oxygen atoms in total. The largest absolute Gasteiger partial charge is 0.264 e. The highest BCUT2D eigenvalue weighted by molar-refractivity contribution is 5.75. The Morgan fingerprint density at radius 2 is 1.60 bits per heavy atom. The van der Waals surface area contributed by atoms with Crippen molar-refractivity contribution in [3.63, 3.8) is 0 Å². The fourth-order valence-corrected chi connectivity index (χ4v) is 2.83. The number of hydrogen-bond donors (Lipinski definition) is 0. The summed E-state index contributed by atoms with van der Waals surface area (Å²) in [7, 11) is 0. The maximum atomic E-state index is 13.0. The molecule has 0 amide bonds. The zero-order chi connectivity index (χ0) is 18.4. The van der Waals surface area contributed by atoms with Gasteiger partial charge in [0, 0.05) is 29.7 Å². The lowest BCUT2D eigenvalue weighted by Gasteiger charge is -2.15. The molecule has 0 fully saturated rings. The summed E-state index contributed by atoms with van der Waals surface area (Å²) in [5.74, 6) is -0.0209. The second-order valence-corrected chi connectivity index (χ2v) is 6.02. The van der Waals surface area contributed by atoms with Crippen LogP contribution in [0.4, 0.5) is 4.39 Å². The molecule has 2 aromatic heterocycles. The summed E-state index contributed by atoms with van der Waals surface area (Å²) in [5.41, 5.74) is 6.76. The standard InChI is InChI=1S/C20H19FN2.C2H6/c1-13(2)17-8-9-22-12-19(17)18-6-4-15(10-14(18)3)16-5-7-20(21)23-11-16;1-2/h4-13H,1-3H3;1-2H3. The van der Waals surface area contributed by atoms with Crippen molar-refractivity contribution in [1.29, 1.82) is 0 Å². The third-order valence-electron chi connectivity index (χ3n) is 4.05. The summed E-state index contributed by atoms with van der Waals surface area (Å²) in [6.45, 7) is 10.5. The van der Waals surface area contributed by atoms with Gasteiger partial charge in [-0.15, -0.1) is 0 Å². The molecule has 0 N–H and O–H groups in total. The van der Waals surface area contributed by atoms with Crippen LogP contribution in [0.1, 0.15) is 44.7 Å². The van der Waals surface area contributed by atoms with Gasteiger partial charge in [-0.25, -0.2) is 4.98 Å². The highest BCUT2D eigenvalue weighted by atomic mass is 19.1. The van der Waals surface area contributed by atoms with Crippen LogP contribution in [0.2, 0.25) is 0 Å². The summed E-state index contributed by atoms with van der Waals surface area (Å²) in [4.78, 5) is 8.01. The Labute approximate surface area is 149 Å². The van der Waals surface area contributed by atoms with E-state index in [4.69, 9.17) is 0 Å². The van der Waals surface area contributed by atoms with Gasteiger partial charge in [0.1, 0.15) is 0 Å². The molecule has 0 aliphatic carbocycles. The third kappa shape index (κ3) is 4.30. The van der Waals surface area contributed by atoms with E-state index in [-0.39, 0.29) is 0 Å². The molecular formula is C22H25FN2. The molecule has 0 atom stereocenters. The summed E-state index contributed by atoms with van der Waals surface area (Å²) >= 11 is 0. The van der Waals surface area contributed by atoms with Crippen molar-refractivity contribution in [1.82, 2.24) is 9.97 Å². The van der Waals surface area contributed by atoms with Crippen LogP contribution in [0.25, 0.3) is 22.3 Å². The maximum absolute atomic E-state index is 13.0. The summed E-state index contributed by atoms with van der Waals surface area (Å²) < 4.78 is 13.0. The van der Waals surface area contributed by atoms with E-state index in [0.29, 0.717) is 5.92 Å². The van der Waals surface area contributed by atoms with Crippen LogP contribution < -0.4 is 0 Å². The SMILES string of the molecule is CC.Cc1cc(-c2ccc(F)nc2)ccc1-c1cnccc1C(C)C. The molecule has 2 heterocycles. The number of hydrogen-bond acceptors (Lipinski definition) is 2. The Morgan fingerprint density at radius 3 is 2.20 bits per heavy atom. The molecule has 0 saturated carbocycles. The first-order valence-corrected chi connectivity index (χ1v) is 8.73. The zero-order valence-corrected chi connectivity index (χ0v) is 15.5. The van der Waals surface area contributed by atoms with E-state index in [1.165, 1.54) is 28.3 Å². The van der Waals surface area contributed by atoms with E-state index >= 15 is 0 Å². The van der Waals surface area contributed by atoms with Crippen LogP contribution in [0.15, 0.2) is 55.0 Å². The van der Waals surface area contributed by atoms with Gasteiger partial charge >= 0.3 is 0 Å². The van der Waals surface area contributed by atoms with E-state index in [0.717, 1.165) is 11.1 Å².